The minimum atomic E-state index is -1.13. The summed E-state index contributed by atoms with van der Waals surface area (Å²) >= 11 is 0. The molecule has 0 saturated carbocycles. The van der Waals surface area contributed by atoms with E-state index in [4.69, 9.17) is 4.74 Å². The van der Waals surface area contributed by atoms with Crippen LogP contribution in [0, 0.1) is 5.92 Å². The lowest BCUT2D eigenvalue weighted by Gasteiger charge is -2.26. The van der Waals surface area contributed by atoms with E-state index < -0.39 is 23.6 Å². The Labute approximate surface area is 166 Å². The molecule has 1 unspecified atom stereocenters. The highest BCUT2D eigenvalue weighted by Crippen LogP contribution is 2.20. The number of ether oxygens (including phenoxy) is 1. The van der Waals surface area contributed by atoms with Crippen LogP contribution in [0.2, 0.25) is 0 Å². The van der Waals surface area contributed by atoms with Crippen molar-refractivity contribution >= 4 is 12.1 Å². The van der Waals surface area contributed by atoms with Crippen LogP contribution in [0.25, 0.3) is 11.1 Å². The maximum atomic E-state index is 12.2. The van der Waals surface area contributed by atoms with Crippen LogP contribution in [-0.4, -0.2) is 23.7 Å². The number of amides is 1. The molecule has 0 heterocycles. The van der Waals surface area contributed by atoms with Gasteiger partial charge < -0.3 is 20.0 Å². The molecule has 0 aliphatic heterocycles. The van der Waals surface area contributed by atoms with Gasteiger partial charge in [-0.15, -0.1) is 0 Å². The molecule has 2 atom stereocenters. The molecule has 5 heteroatoms. The van der Waals surface area contributed by atoms with Gasteiger partial charge >= 0.3 is 6.09 Å². The normalized spacial score (nSPS) is 13.4. The molecule has 2 rings (SSSR count). The van der Waals surface area contributed by atoms with Crippen LogP contribution in [0.5, 0.6) is 0 Å². The lowest BCUT2D eigenvalue weighted by Crippen LogP contribution is -2.43. The average molecular weight is 382 g/mol. The standard InChI is InChI=1S/C23H29NO4/c1-16(21(25)26)14-20(24-22(27)28-23(2,3)4)15-17-10-12-19(13-11-17)18-8-6-5-7-9-18/h5-13,16,20H,14-15H2,1-4H3,(H,24,27)(H,25,26)/p-1/t16-,20?/m1/s1. The van der Waals surface area contributed by atoms with Gasteiger partial charge in [0.1, 0.15) is 5.60 Å². The van der Waals surface area contributed by atoms with E-state index in [0.29, 0.717) is 6.42 Å². The lowest BCUT2D eigenvalue weighted by atomic mass is 9.95. The van der Waals surface area contributed by atoms with Gasteiger partial charge in [-0.2, -0.15) is 0 Å². The summed E-state index contributed by atoms with van der Waals surface area (Å²) in [5, 5.41) is 14.0. The fourth-order valence-corrected chi connectivity index (χ4v) is 2.94. The number of hydrogen-bond donors (Lipinski definition) is 1. The van der Waals surface area contributed by atoms with E-state index in [9.17, 15) is 14.7 Å². The first-order valence-corrected chi connectivity index (χ1v) is 9.49. The third-order valence-corrected chi connectivity index (χ3v) is 4.30. The zero-order valence-corrected chi connectivity index (χ0v) is 16.9. The molecule has 150 valence electrons. The number of alkyl carbamates (subject to hydrolysis) is 1. The largest absolute Gasteiger partial charge is 0.550 e. The molecule has 2 aromatic rings. The molecule has 0 spiro atoms. The number of hydrogen-bond acceptors (Lipinski definition) is 4. The Morgan fingerprint density at radius 2 is 1.57 bits per heavy atom. The summed E-state index contributed by atoms with van der Waals surface area (Å²) in [6.07, 6.45) is 0.220. The zero-order valence-electron chi connectivity index (χ0n) is 16.9. The molecular weight excluding hydrogens is 354 g/mol. The molecular formula is C23H28NO4-. The minimum absolute atomic E-state index is 0.266. The van der Waals surface area contributed by atoms with Gasteiger partial charge in [-0.3, -0.25) is 0 Å². The van der Waals surface area contributed by atoms with Gasteiger partial charge in [-0.25, -0.2) is 4.79 Å². The zero-order chi connectivity index (χ0) is 20.7. The summed E-state index contributed by atoms with van der Waals surface area (Å²) in [5.41, 5.74) is 2.62. The number of nitrogens with one attached hydrogen (secondary N) is 1. The third-order valence-electron chi connectivity index (χ3n) is 4.30. The summed E-state index contributed by atoms with van der Waals surface area (Å²) in [5.74, 6) is -1.81. The molecule has 0 aromatic heterocycles. The first kappa shape index (κ1) is 21.5. The summed E-state index contributed by atoms with van der Waals surface area (Å²) in [6, 6.07) is 17.7. The van der Waals surface area contributed by atoms with Crippen molar-refractivity contribution in [1.82, 2.24) is 5.32 Å². The molecule has 1 N–H and O–H groups in total. The fourth-order valence-electron chi connectivity index (χ4n) is 2.94. The van der Waals surface area contributed by atoms with Gasteiger partial charge in [0.25, 0.3) is 0 Å². The van der Waals surface area contributed by atoms with Crippen LogP contribution in [0.4, 0.5) is 4.79 Å². The Balaban J connectivity index is 2.10. The summed E-state index contributed by atoms with van der Waals surface area (Å²) in [6.45, 7) is 6.94. The van der Waals surface area contributed by atoms with Crippen molar-refractivity contribution in [2.24, 2.45) is 5.92 Å². The average Bonchev–Trinajstić information content (AvgIpc) is 2.61. The molecule has 5 nitrogen and oxygen atoms in total. The monoisotopic (exact) mass is 382 g/mol. The van der Waals surface area contributed by atoms with Crippen LogP contribution < -0.4 is 10.4 Å². The first-order chi connectivity index (χ1) is 13.1. The second-order valence-electron chi connectivity index (χ2n) is 8.07. The predicted octanol–water partition coefficient (Wildman–Crippen LogP) is 3.57. The molecule has 0 radical (unpaired) electrons. The predicted molar refractivity (Wildman–Crippen MR) is 108 cm³/mol. The molecule has 28 heavy (non-hydrogen) atoms. The van der Waals surface area contributed by atoms with Crippen LogP contribution in [-0.2, 0) is 16.0 Å². The van der Waals surface area contributed by atoms with Crippen molar-refractivity contribution in [1.29, 1.82) is 0 Å². The number of rotatable bonds is 7. The number of carboxylic acids is 1. The second-order valence-corrected chi connectivity index (χ2v) is 8.07. The van der Waals surface area contributed by atoms with Crippen LogP contribution in [0.1, 0.15) is 39.7 Å². The highest BCUT2D eigenvalue weighted by molar-refractivity contribution is 5.69. The Morgan fingerprint density at radius 1 is 1.00 bits per heavy atom. The van der Waals surface area contributed by atoms with E-state index in [1.165, 1.54) is 0 Å². The molecule has 1 amide bonds. The minimum Gasteiger partial charge on any atom is -0.550 e. The molecule has 0 bridgehead atoms. The van der Waals surface area contributed by atoms with E-state index in [-0.39, 0.29) is 12.5 Å². The summed E-state index contributed by atoms with van der Waals surface area (Å²) < 4.78 is 5.31. The van der Waals surface area contributed by atoms with E-state index in [1.54, 1.807) is 27.7 Å². The first-order valence-electron chi connectivity index (χ1n) is 9.49. The topological polar surface area (TPSA) is 78.5 Å². The van der Waals surface area contributed by atoms with Gasteiger partial charge in [-0.1, -0.05) is 61.5 Å². The van der Waals surface area contributed by atoms with Crippen molar-refractivity contribution in [3.05, 3.63) is 60.2 Å². The van der Waals surface area contributed by atoms with Crippen molar-refractivity contribution in [3.8, 4) is 11.1 Å². The Morgan fingerprint density at radius 3 is 2.11 bits per heavy atom. The van der Waals surface area contributed by atoms with Crippen molar-refractivity contribution in [2.75, 3.05) is 0 Å². The number of carboxylic acid groups (broad SMARTS) is 1. The van der Waals surface area contributed by atoms with Crippen LogP contribution in [0.3, 0.4) is 0 Å². The Kier molecular flexibility index (Phi) is 7.21. The van der Waals surface area contributed by atoms with E-state index >= 15 is 0 Å². The maximum Gasteiger partial charge on any atom is 0.407 e. The van der Waals surface area contributed by atoms with Crippen molar-refractivity contribution in [2.45, 2.75) is 52.2 Å². The molecule has 2 aromatic carbocycles. The molecule has 0 saturated heterocycles. The van der Waals surface area contributed by atoms with Gasteiger partial charge in [-0.05, 0) is 56.2 Å². The van der Waals surface area contributed by atoms with Crippen molar-refractivity contribution < 1.29 is 19.4 Å². The van der Waals surface area contributed by atoms with Gasteiger partial charge in [0.15, 0.2) is 0 Å². The van der Waals surface area contributed by atoms with E-state index in [2.05, 4.69) is 5.32 Å². The van der Waals surface area contributed by atoms with Crippen LogP contribution >= 0.6 is 0 Å². The number of benzene rings is 2. The number of carbonyl (C=O) groups excluding carboxylic acids is 2. The second kappa shape index (κ2) is 9.40. The smallest absolute Gasteiger partial charge is 0.407 e. The maximum absolute atomic E-state index is 12.2. The highest BCUT2D eigenvalue weighted by atomic mass is 16.6. The van der Waals surface area contributed by atoms with Gasteiger partial charge in [0.2, 0.25) is 0 Å². The van der Waals surface area contributed by atoms with Crippen LogP contribution in [0.15, 0.2) is 54.6 Å². The molecule has 0 aliphatic rings. The number of aliphatic carboxylic acids is 1. The van der Waals surface area contributed by atoms with E-state index in [1.807, 2.05) is 54.6 Å². The number of carbonyl (C=O) groups is 2. The summed E-state index contributed by atoms with van der Waals surface area (Å²) in [7, 11) is 0. The lowest BCUT2D eigenvalue weighted by molar-refractivity contribution is -0.311. The van der Waals surface area contributed by atoms with Gasteiger partial charge in [0, 0.05) is 12.0 Å². The quantitative estimate of drug-likeness (QED) is 0.794. The fraction of sp³-hybridized carbons (Fsp3) is 0.391. The van der Waals surface area contributed by atoms with E-state index in [0.717, 1.165) is 16.7 Å². The SMILES string of the molecule is C[C@H](CC(Cc1ccc(-c2ccccc2)cc1)NC(=O)OC(C)(C)C)C(=O)[O-]. The van der Waals surface area contributed by atoms with Gasteiger partial charge in [0.05, 0.1) is 0 Å². The Hall–Kier alpha value is -2.82. The summed E-state index contributed by atoms with van der Waals surface area (Å²) in [4.78, 5) is 23.3. The molecule has 0 aliphatic carbocycles. The van der Waals surface area contributed by atoms with Crippen molar-refractivity contribution in [3.63, 3.8) is 0 Å². The highest BCUT2D eigenvalue weighted by Gasteiger charge is 2.21. The molecule has 0 fully saturated rings. The Bertz CT molecular complexity index is 778. The third kappa shape index (κ3) is 7.06.